The van der Waals surface area contributed by atoms with Crippen molar-refractivity contribution >= 4 is 22.8 Å². The van der Waals surface area contributed by atoms with Gasteiger partial charge in [0.15, 0.2) is 0 Å². The molecule has 0 fully saturated rings. The Morgan fingerprint density at radius 3 is 2.88 bits per heavy atom. The minimum absolute atomic E-state index is 0.258. The lowest BCUT2D eigenvalue weighted by Crippen LogP contribution is -2.28. The van der Waals surface area contributed by atoms with E-state index in [4.69, 9.17) is 9.47 Å². The minimum atomic E-state index is -0.633. The lowest BCUT2D eigenvalue weighted by atomic mass is 10.2. The first-order valence-corrected chi connectivity index (χ1v) is 8.35. The molecule has 0 saturated carbocycles. The summed E-state index contributed by atoms with van der Waals surface area (Å²) in [5.74, 6) is 0.981. The summed E-state index contributed by atoms with van der Waals surface area (Å²) in [4.78, 5) is 24.1. The smallest absolute Gasteiger partial charge is 0.254 e. The van der Waals surface area contributed by atoms with Crippen molar-refractivity contribution in [1.29, 1.82) is 0 Å². The van der Waals surface area contributed by atoms with Crippen molar-refractivity contribution in [1.82, 2.24) is 15.0 Å². The third-order valence-electron chi connectivity index (χ3n) is 4.34. The molecule has 2 heterocycles. The van der Waals surface area contributed by atoms with E-state index in [1.807, 2.05) is 38.1 Å². The van der Waals surface area contributed by atoms with E-state index >= 15 is 0 Å². The van der Waals surface area contributed by atoms with Crippen molar-refractivity contribution in [2.24, 2.45) is 0 Å². The maximum absolute atomic E-state index is 12.5. The number of H-pyrrole nitrogens is 1. The second kappa shape index (κ2) is 7.53. The van der Waals surface area contributed by atoms with E-state index in [1.54, 1.807) is 14.0 Å². The Labute approximate surface area is 151 Å². The Morgan fingerprint density at radius 2 is 2.12 bits per heavy atom. The van der Waals surface area contributed by atoms with E-state index in [-0.39, 0.29) is 5.91 Å². The molecule has 7 heteroatoms. The van der Waals surface area contributed by atoms with Gasteiger partial charge < -0.3 is 19.8 Å². The number of rotatable bonds is 6. The lowest BCUT2D eigenvalue weighted by Gasteiger charge is -2.14. The van der Waals surface area contributed by atoms with Crippen molar-refractivity contribution in [2.45, 2.75) is 33.5 Å². The molecule has 0 spiro atoms. The van der Waals surface area contributed by atoms with E-state index < -0.39 is 6.10 Å². The van der Waals surface area contributed by atoms with Gasteiger partial charge in [0.1, 0.15) is 29.6 Å². The molecule has 136 valence electrons. The summed E-state index contributed by atoms with van der Waals surface area (Å²) in [6.07, 6.45) is 0.793. The summed E-state index contributed by atoms with van der Waals surface area (Å²) in [6, 6.07) is 7.55. The van der Waals surface area contributed by atoms with Crippen molar-refractivity contribution < 1.29 is 14.3 Å². The largest absolute Gasteiger partial charge is 0.497 e. The van der Waals surface area contributed by atoms with Gasteiger partial charge in [0, 0.05) is 5.69 Å². The van der Waals surface area contributed by atoms with Crippen molar-refractivity contribution in [3.63, 3.8) is 0 Å². The predicted molar refractivity (Wildman–Crippen MR) is 99.2 cm³/mol. The molecule has 1 amide bonds. The van der Waals surface area contributed by atoms with Crippen LogP contribution in [0.1, 0.15) is 23.7 Å². The van der Waals surface area contributed by atoms with Crippen molar-refractivity contribution in [2.75, 3.05) is 12.4 Å². The summed E-state index contributed by atoms with van der Waals surface area (Å²) in [7, 11) is 1.61. The Balaban J connectivity index is 1.68. The predicted octanol–water partition coefficient (Wildman–Crippen LogP) is 3.13. The van der Waals surface area contributed by atoms with Gasteiger partial charge in [0.2, 0.25) is 0 Å². The molecule has 1 unspecified atom stereocenters. The molecular weight excluding hydrogens is 332 g/mol. The summed E-state index contributed by atoms with van der Waals surface area (Å²) in [5.41, 5.74) is 3.65. The molecule has 0 bridgehead atoms. The fraction of sp³-hybridized carbons (Fsp3) is 0.316. The molecule has 0 saturated heterocycles. The van der Waals surface area contributed by atoms with E-state index in [0.29, 0.717) is 18.1 Å². The van der Waals surface area contributed by atoms with Crippen LogP contribution in [0, 0.1) is 13.8 Å². The van der Waals surface area contributed by atoms with Gasteiger partial charge in [-0.05, 0) is 44.0 Å². The van der Waals surface area contributed by atoms with Crippen LogP contribution in [0.4, 0.5) is 5.82 Å². The summed E-state index contributed by atoms with van der Waals surface area (Å²) >= 11 is 0. The number of methoxy groups -OCH3 is 1. The van der Waals surface area contributed by atoms with Gasteiger partial charge in [-0.2, -0.15) is 0 Å². The molecular formula is C19H22N4O3. The Kier molecular flexibility index (Phi) is 5.18. The number of aromatic nitrogens is 3. The standard InChI is InChI=1S/C19H22N4O3/c1-11-12(2)22-17-16(11)18(21-10-20-17)23-19(24)13(3)26-9-14-6-5-7-15(8-14)25-4/h5-8,10,13H,9H2,1-4H3,(H2,20,21,22,23,24). The van der Waals surface area contributed by atoms with Crippen LogP contribution in [0.15, 0.2) is 30.6 Å². The van der Waals surface area contributed by atoms with Crippen LogP contribution < -0.4 is 10.1 Å². The second-order valence-electron chi connectivity index (χ2n) is 6.11. The van der Waals surface area contributed by atoms with Gasteiger partial charge in [0.25, 0.3) is 5.91 Å². The van der Waals surface area contributed by atoms with E-state index in [2.05, 4.69) is 20.3 Å². The van der Waals surface area contributed by atoms with Crippen LogP contribution in [0.2, 0.25) is 0 Å². The van der Waals surface area contributed by atoms with Gasteiger partial charge in [-0.15, -0.1) is 0 Å². The van der Waals surface area contributed by atoms with Crippen molar-refractivity contribution in [3.05, 3.63) is 47.4 Å². The van der Waals surface area contributed by atoms with Gasteiger partial charge >= 0.3 is 0 Å². The third-order valence-corrected chi connectivity index (χ3v) is 4.34. The number of nitrogens with zero attached hydrogens (tertiary/aromatic N) is 2. The number of amides is 1. The van der Waals surface area contributed by atoms with Gasteiger partial charge in [-0.25, -0.2) is 9.97 Å². The number of fused-ring (bicyclic) bond motifs is 1. The van der Waals surface area contributed by atoms with E-state index in [1.165, 1.54) is 6.33 Å². The second-order valence-corrected chi connectivity index (χ2v) is 6.11. The Bertz CT molecular complexity index is 936. The molecule has 0 aliphatic carbocycles. The molecule has 0 aliphatic heterocycles. The van der Waals surface area contributed by atoms with Crippen LogP contribution in [0.25, 0.3) is 11.0 Å². The molecule has 26 heavy (non-hydrogen) atoms. The molecule has 7 nitrogen and oxygen atoms in total. The number of nitrogens with one attached hydrogen (secondary N) is 2. The van der Waals surface area contributed by atoms with Crippen LogP contribution >= 0.6 is 0 Å². The summed E-state index contributed by atoms with van der Waals surface area (Å²) < 4.78 is 10.9. The fourth-order valence-electron chi connectivity index (χ4n) is 2.67. The van der Waals surface area contributed by atoms with Crippen LogP contribution in [0.3, 0.4) is 0 Å². The Morgan fingerprint density at radius 1 is 1.31 bits per heavy atom. The maximum Gasteiger partial charge on any atom is 0.254 e. The number of hydrogen-bond donors (Lipinski definition) is 2. The van der Waals surface area contributed by atoms with Crippen LogP contribution in [0.5, 0.6) is 5.75 Å². The third kappa shape index (κ3) is 3.67. The summed E-state index contributed by atoms with van der Waals surface area (Å²) in [5, 5.41) is 3.66. The van der Waals surface area contributed by atoms with Crippen molar-refractivity contribution in [3.8, 4) is 5.75 Å². The Hall–Kier alpha value is -2.93. The number of carbonyl (C=O) groups excluding carboxylic acids is 1. The van der Waals surface area contributed by atoms with Crippen LogP contribution in [-0.2, 0) is 16.1 Å². The number of benzene rings is 1. The highest BCUT2D eigenvalue weighted by atomic mass is 16.5. The number of anilines is 1. The fourth-order valence-corrected chi connectivity index (χ4v) is 2.67. The molecule has 0 radical (unpaired) electrons. The molecule has 2 aromatic heterocycles. The normalized spacial score (nSPS) is 12.2. The first-order valence-electron chi connectivity index (χ1n) is 8.35. The number of aryl methyl sites for hydroxylation is 2. The highest BCUT2D eigenvalue weighted by molar-refractivity contribution is 6.01. The molecule has 2 N–H and O–H groups in total. The lowest BCUT2D eigenvalue weighted by molar-refractivity contribution is -0.127. The molecule has 0 aliphatic rings. The number of aromatic amines is 1. The van der Waals surface area contributed by atoms with Gasteiger partial charge in [0.05, 0.1) is 19.1 Å². The van der Waals surface area contributed by atoms with E-state index in [9.17, 15) is 4.79 Å². The minimum Gasteiger partial charge on any atom is -0.497 e. The molecule has 3 aromatic rings. The highest BCUT2D eigenvalue weighted by Crippen LogP contribution is 2.25. The van der Waals surface area contributed by atoms with Gasteiger partial charge in [-0.1, -0.05) is 12.1 Å². The first kappa shape index (κ1) is 17.9. The zero-order valence-electron chi connectivity index (χ0n) is 15.3. The number of ether oxygens (including phenoxy) is 2. The average Bonchev–Trinajstić information content (AvgIpc) is 2.94. The average molecular weight is 354 g/mol. The number of hydrogen-bond acceptors (Lipinski definition) is 5. The monoisotopic (exact) mass is 354 g/mol. The zero-order valence-corrected chi connectivity index (χ0v) is 15.3. The van der Waals surface area contributed by atoms with Crippen LogP contribution in [-0.4, -0.2) is 34.1 Å². The molecule has 1 aromatic carbocycles. The molecule has 3 rings (SSSR count). The maximum atomic E-state index is 12.5. The zero-order chi connectivity index (χ0) is 18.7. The summed E-state index contributed by atoms with van der Waals surface area (Å²) in [6.45, 7) is 5.95. The van der Waals surface area contributed by atoms with Gasteiger partial charge in [-0.3, -0.25) is 4.79 Å². The molecule has 1 atom stereocenters. The quantitative estimate of drug-likeness (QED) is 0.710. The SMILES string of the molecule is COc1cccc(COC(C)C(=O)Nc2ncnc3[nH]c(C)c(C)c23)c1. The number of carbonyl (C=O) groups is 1. The topological polar surface area (TPSA) is 89.1 Å². The van der Waals surface area contributed by atoms with E-state index in [0.717, 1.165) is 28.0 Å². The first-order chi connectivity index (χ1) is 12.5. The highest BCUT2D eigenvalue weighted by Gasteiger charge is 2.18.